The van der Waals surface area contributed by atoms with Crippen molar-refractivity contribution in [1.82, 2.24) is 5.32 Å². The van der Waals surface area contributed by atoms with Crippen LogP contribution in [0.4, 0.5) is 10.5 Å². The predicted molar refractivity (Wildman–Crippen MR) is 153 cm³/mol. The summed E-state index contributed by atoms with van der Waals surface area (Å²) in [6, 6.07) is 20.8. The highest BCUT2D eigenvalue weighted by Crippen LogP contribution is 2.44. The van der Waals surface area contributed by atoms with Crippen molar-refractivity contribution in [3.05, 3.63) is 82.9 Å². The van der Waals surface area contributed by atoms with E-state index in [4.69, 9.17) is 25.8 Å². The van der Waals surface area contributed by atoms with Gasteiger partial charge in [0.15, 0.2) is 11.9 Å². The molecule has 39 heavy (non-hydrogen) atoms. The number of hydrogen-bond acceptors (Lipinski definition) is 5. The first-order valence-electron chi connectivity index (χ1n) is 13.2. The Balaban J connectivity index is 1.45. The van der Waals surface area contributed by atoms with Crippen molar-refractivity contribution >= 4 is 29.3 Å². The van der Waals surface area contributed by atoms with Gasteiger partial charge in [-0.25, -0.2) is 4.79 Å². The quantitative estimate of drug-likeness (QED) is 0.283. The molecule has 0 bridgehead atoms. The second kappa shape index (κ2) is 12.4. The van der Waals surface area contributed by atoms with Gasteiger partial charge in [-0.15, -0.1) is 0 Å². The molecule has 8 heteroatoms. The lowest BCUT2D eigenvalue weighted by molar-refractivity contribution is -0.126. The summed E-state index contributed by atoms with van der Waals surface area (Å²) in [7, 11) is 0. The summed E-state index contributed by atoms with van der Waals surface area (Å²) < 4.78 is 17.6. The minimum Gasteiger partial charge on any atom is -0.478 e. The monoisotopic (exact) mass is 550 g/mol. The van der Waals surface area contributed by atoms with Crippen molar-refractivity contribution in [2.75, 3.05) is 11.4 Å². The Morgan fingerprint density at radius 3 is 2.49 bits per heavy atom. The van der Waals surface area contributed by atoms with E-state index >= 15 is 0 Å². The standard InChI is InChI=1S/C31H35ClN2O5/c1-5-25-29(35)34(20-22-9-6-11-23(32)19-22)28-26(12-7-13-27(28)38-25)37-24-16-14-21(15-17-24)10-8-18-33-30(36)39-31(2,3)4/h6-7,9,11-17,19,25H,5,8,10,18,20H2,1-4H3,(H,33,36). The normalized spacial score (nSPS) is 14.8. The molecule has 4 rings (SSSR count). The number of benzene rings is 3. The van der Waals surface area contributed by atoms with Crippen LogP contribution in [0.3, 0.4) is 0 Å². The molecule has 2 amide bonds. The third-order valence-electron chi connectivity index (χ3n) is 6.10. The number of anilines is 1. The largest absolute Gasteiger partial charge is 0.478 e. The van der Waals surface area contributed by atoms with E-state index in [0.717, 1.165) is 24.0 Å². The van der Waals surface area contributed by atoms with E-state index in [2.05, 4.69) is 5.32 Å². The van der Waals surface area contributed by atoms with Gasteiger partial charge < -0.3 is 19.5 Å². The van der Waals surface area contributed by atoms with Crippen LogP contribution in [0.1, 0.15) is 51.7 Å². The highest BCUT2D eigenvalue weighted by atomic mass is 35.5. The SMILES string of the molecule is CCC1Oc2cccc(Oc3ccc(CCCNC(=O)OC(C)(C)C)cc3)c2N(Cc2cccc(Cl)c2)C1=O. The predicted octanol–water partition coefficient (Wildman–Crippen LogP) is 7.29. The molecule has 0 aromatic heterocycles. The highest BCUT2D eigenvalue weighted by Gasteiger charge is 2.35. The average Bonchev–Trinajstić information content (AvgIpc) is 2.88. The maximum absolute atomic E-state index is 13.4. The van der Waals surface area contributed by atoms with Crippen molar-refractivity contribution in [2.24, 2.45) is 0 Å². The van der Waals surface area contributed by atoms with Gasteiger partial charge in [-0.05, 0) is 87.6 Å². The summed E-state index contributed by atoms with van der Waals surface area (Å²) in [5.41, 5.74) is 2.13. The maximum atomic E-state index is 13.4. The van der Waals surface area contributed by atoms with E-state index < -0.39 is 17.8 Å². The van der Waals surface area contributed by atoms with E-state index in [1.807, 2.05) is 94.4 Å². The van der Waals surface area contributed by atoms with Crippen LogP contribution in [0.15, 0.2) is 66.7 Å². The molecule has 3 aromatic carbocycles. The molecule has 206 valence electrons. The number of nitrogens with one attached hydrogen (secondary N) is 1. The average molecular weight is 551 g/mol. The van der Waals surface area contributed by atoms with Crippen molar-refractivity contribution in [3.63, 3.8) is 0 Å². The van der Waals surface area contributed by atoms with E-state index in [1.165, 1.54) is 0 Å². The van der Waals surface area contributed by atoms with Crippen molar-refractivity contribution in [1.29, 1.82) is 0 Å². The summed E-state index contributed by atoms with van der Waals surface area (Å²) in [6.07, 6.45) is 1.17. The first-order valence-corrected chi connectivity index (χ1v) is 13.6. The molecule has 0 radical (unpaired) electrons. The number of carbonyl (C=O) groups is 2. The number of fused-ring (bicyclic) bond motifs is 1. The topological polar surface area (TPSA) is 77.1 Å². The summed E-state index contributed by atoms with van der Waals surface area (Å²) >= 11 is 6.21. The molecule has 3 aromatic rings. The van der Waals surface area contributed by atoms with Gasteiger partial charge in [-0.3, -0.25) is 9.69 Å². The summed E-state index contributed by atoms with van der Waals surface area (Å²) in [5, 5.41) is 3.40. The van der Waals surface area contributed by atoms with Crippen LogP contribution in [0, 0.1) is 0 Å². The molecule has 1 unspecified atom stereocenters. The van der Waals surface area contributed by atoms with Crippen LogP contribution < -0.4 is 19.7 Å². The molecule has 0 spiro atoms. The van der Waals surface area contributed by atoms with Crippen LogP contribution in [0.5, 0.6) is 17.2 Å². The zero-order valence-electron chi connectivity index (χ0n) is 22.8. The molecular formula is C31H35ClN2O5. The Hall–Kier alpha value is -3.71. The number of halogens is 1. The van der Waals surface area contributed by atoms with Crippen molar-refractivity contribution < 1.29 is 23.8 Å². The van der Waals surface area contributed by atoms with Gasteiger partial charge >= 0.3 is 6.09 Å². The number of aryl methyl sites for hydroxylation is 1. The smallest absolute Gasteiger partial charge is 0.407 e. The number of para-hydroxylation sites is 1. The van der Waals surface area contributed by atoms with Gasteiger partial charge in [0.25, 0.3) is 5.91 Å². The second-order valence-corrected chi connectivity index (χ2v) is 10.9. The zero-order valence-corrected chi connectivity index (χ0v) is 23.6. The Bertz CT molecular complexity index is 1300. The second-order valence-electron chi connectivity index (χ2n) is 10.5. The van der Waals surface area contributed by atoms with E-state index in [9.17, 15) is 9.59 Å². The summed E-state index contributed by atoms with van der Waals surface area (Å²) in [6.45, 7) is 8.32. The molecule has 7 nitrogen and oxygen atoms in total. The molecule has 0 saturated heterocycles. The summed E-state index contributed by atoms with van der Waals surface area (Å²) in [4.78, 5) is 26.9. The molecule has 0 saturated carbocycles. The van der Waals surface area contributed by atoms with Crippen molar-refractivity contribution in [2.45, 2.75) is 65.2 Å². The maximum Gasteiger partial charge on any atom is 0.407 e. The fraction of sp³-hybridized carbons (Fsp3) is 0.355. The lowest BCUT2D eigenvalue weighted by Gasteiger charge is -2.35. The van der Waals surface area contributed by atoms with Crippen LogP contribution in [-0.2, 0) is 22.5 Å². The Morgan fingerprint density at radius 2 is 1.79 bits per heavy atom. The fourth-order valence-corrected chi connectivity index (χ4v) is 4.53. The molecule has 0 fully saturated rings. The van der Waals surface area contributed by atoms with E-state index in [0.29, 0.717) is 47.5 Å². The van der Waals surface area contributed by atoms with E-state index in [-0.39, 0.29) is 5.91 Å². The van der Waals surface area contributed by atoms with Gasteiger partial charge in [-0.2, -0.15) is 0 Å². The summed E-state index contributed by atoms with van der Waals surface area (Å²) in [5.74, 6) is 1.67. The number of carbonyl (C=O) groups excluding carboxylic acids is 2. The first kappa shape index (κ1) is 28.3. The van der Waals surface area contributed by atoms with Gasteiger partial charge in [0.1, 0.15) is 22.8 Å². The number of rotatable bonds is 9. The Morgan fingerprint density at radius 1 is 1.05 bits per heavy atom. The Kier molecular flexibility index (Phi) is 9.02. The fourth-order valence-electron chi connectivity index (χ4n) is 4.31. The minimum absolute atomic E-state index is 0.114. The lowest BCUT2D eigenvalue weighted by atomic mass is 10.1. The third-order valence-corrected chi connectivity index (χ3v) is 6.34. The number of hydrogen-bond donors (Lipinski definition) is 1. The van der Waals surface area contributed by atoms with Gasteiger partial charge in [0.2, 0.25) is 0 Å². The lowest BCUT2D eigenvalue weighted by Crippen LogP contribution is -2.45. The minimum atomic E-state index is -0.559. The van der Waals surface area contributed by atoms with Crippen molar-refractivity contribution in [3.8, 4) is 17.2 Å². The van der Waals surface area contributed by atoms with Crippen LogP contribution in [-0.4, -0.2) is 30.3 Å². The van der Waals surface area contributed by atoms with Crippen LogP contribution in [0.2, 0.25) is 5.02 Å². The molecule has 1 heterocycles. The molecule has 1 atom stereocenters. The molecule has 1 N–H and O–H groups in total. The Labute approximate surface area is 235 Å². The molecule has 1 aliphatic rings. The number of amides is 2. The van der Waals surface area contributed by atoms with Gasteiger partial charge in [-0.1, -0.05) is 48.9 Å². The number of nitrogens with zero attached hydrogens (tertiary/aromatic N) is 1. The van der Waals surface area contributed by atoms with Gasteiger partial charge in [0.05, 0.1) is 6.54 Å². The van der Waals surface area contributed by atoms with Gasteiger partial charge in [0, 0.05) is 11.6 Å². The third kappa shape index (κ3) is 7.67. The molecule has 1 aliphatic heterocycles. The zero-order chi connectivity index (χ0) is 28.0. The number of alkyl carbamates (subject to hydrolysis) is 1. The van der Waals surface area contributed by atoms with Crippen LogP contribution >= 0.6 is 11.6 Å². The highest BCUT2D eigenvalue weighted by molar-refractivity contribution is 6.30. The molecule has 0 aliphatic carbocycles. The number of ether oxygens (including phenoxy) is 3. The van der Waals surface area contributed by atoms with Crippen LogP contribution in [0.25, 0.3) is 0 Å². The molecular weight excluding hydrogens is 516 g/mol. The first-order chi connectivity index (χ1) is 18.6. The van der Waals surface area contributed by atoms with E-state index in [1.54, 1.807) is 4.90 Å².